The van der Waals surface area contributed by atoms with Crippen LogP contribution in [0.15, 0.2) is 73.9 Å². The number of benzene rings is 1. The largest absolute Gasteiger partial charge is 0.494 e. The minimum Gasteiger partial charge on any atom is -0.494 e. The summed E-state index contributed by atoms with van der Waals surface area (Å²) in [4.78, 5) is 0. The molecule has 4 unspecified atom stereocenters. The van der Waals surface area contributed by atoms with Gasteiger partial charge in [-0.05, 0) is 49.7 Å². The number of nitrogens with zero attached hydrogens (tertiary/aromatic N) is 2. The van der Waals surface area contributed by atoms with Crippen molar-refractivity contribution in [2.75, 3.05) is 0 Å². The van der Waals surface area contributed by atoms with Crippen LogP contribution in [0.4, 0.5) is 0 Å². The summed E-state index contributed by atoms with van der Waals surface area (Å²) in [6.45, 7) is 8.37. The molecule has 0 saturated carbocycles. The van der Waals surface area contributed by atoms with Gasteiger partial charge in [0.1, 0.15) is 0 Å². The van der Waals surface area contributed by atoms with Crippen molar-refractivity contribution < 1.29 is 20.4 Å². The summed E-state index contributed by atoms with van der Waals surface area (Å²) in [7, 11) is 0. The van der Waals surface area contributed by atoms with Crippen LogP contribution in [0.3, 0.4) is 0 Å². The Morgan fingerprint density at radius 1 is 0.725 bits per heavy atom. The number of rotatable bonds is 10. The lowest BCUT2D eigenvalue weighted by Gasteiger charge is -2.24. The van der Waals surface area contributed by atoms with Crippen molar-refractivity contribution >= 4 is 0 Å². The third kappa shape index (κ3) is 3.28. The lowest BCUT2D eigenvalue weighted by molar-refractivity contribution is 0.361. The highest BCUT2D eigenvalue weighted by Crippen LogP contribution is 2.62. The molecule has 40 heavy (non-hydrogen) atoms. The van der Waals surface area contributed by atoms with Crippen molar-refractivity contribution in [3.8, 4) is 23.5 Å². The molecule has 2 aromatic heterocycles. The zero-order valence-corrected chi connectivity index (χ0v) is 22.7. The molecule has 2 heterocycles. The molecule has 0 radical (unpaired) electrons. The highest BCUT2D eigenvalue weighted by atomic mass is 16.3. The third-order valence-electron chi connectivity index (χ3n) is 9.95. The first-order valence-electron chi connectivity index (χ1n) is 14.3. The zero-order valence-electron chi connectivity index (χ0n) is 22.7. The van der Waals surface area contributed by atoms with Gasteiger partial charge in [-0.3, -0.25) is 9.13 Å². The van der Waals surface area contributed by atoms with E-state index in [1.807, 2.05) is 36.4 Å². The Bertz CT molecular complexity index is 1510. The van der Waals surface area contributed by atoms with Crippen LogP contribution in [0, 0.1) is 0 Å². The molecule has 4 aliphatic carbocycles. The molecule has 1 aromatic carbocycles. The summed E-state index contributed by atoms with van der Waals surface area (Å²) in [5.74, 6) is 0.798. The first-order chi connectivity index (χ1) is 19.3. The molecule has 3 aromatic rings. The number of hydrogen-bond donors (Lipinski definition) is 4. The second kappa shape index (κ2) is 8.72. The van der Waals surface area contributed by atoms with Crippen molar-refractivity contribution in [1.82, 2.24) is 9.13 Å². The van der Waals surface area contributed by atoms with Crippen LogP contribution in [-0.2, 0) is 23.9 Å². The molecule has 0 amide bonds. The molecule has 0 spiro atoms. The van der Waals surface area contributed by atoms with E-state index < -0.39 is 0 Å². The van der Waals surface area contributed by atoms with Gasteiger partial charge in [-0.25, -0.2) is 0 Å². The van der Waals surface area contributed by atoms with Gasteiger partial charge >= 0.3 is 0 Å². The van der Waals surface area contributed by atoms with Gasteiger partial charge in [-0.15, -0.1) is 13.2 Å². The minimum absolute atomic E-state index is 0.125. The fraction of sp³-hybridized carbons (Fsp3) is 0.353. The summed E-state index contributed by atoms with van der Waals surface area (Å²) in [6, 6.07) is 7.89. The summed E-state index contributed by atoms with van der Waals surface area (Å²) in [6.07, 6.45) is 17.7. The van der Waals surface area contributed by atoms with Gasteiger partial charge in [0.15, 0.2) is 23.5 Å². The first kappa shape index (κ1) is 24.9. The van der Waals surface area contributed by atoms with E-state index >= 15 is 0 Å². The Kier molecular flexibility index (Phi) is 5.44. The van der Waals surface area contributed by atoms with Crippen molar-refractivity contribution in [1.29, 1.82) is 0 Å². The van der Waals surface area contributed by atoms with Gasteiger partial charge in [0.25, 0.3) is 0 Å². The van der Waals surface area contributed by atoms with E-state index in [-0.39, 0.29) is 46.2 Å². The number of aromatic hydroxyl groups is 4. The average Bonchev–Trinajstić information content (AvgIpc) is 3.78. The second-order valence-electron chi connectivity index (χ2n) is 12.2. The molecule has 0 saturated heterocycles. The smallest absolute Gasteiger partial charge is 0.198 e. The van der Waals surface area contributed by atoms with Gasteiger partial charge < -0.3 is 20.4 Å². The monoisotopic (exact) mass is 536 g/mol. The van der Waals surface area contributed by atoms with E-state index in [9.17, 15) is 20.4 Å². The quantitative estimate of drug-likeness (QED) is 0.216. The Morgan fingerprint density at radius 2 is 1.18 bits per heavy atom. The van der Waals surface area contributed by atoms with Crippen molar-refractivity contribution in [2.24, 2.45) is 0 Å². The number of allylic oxidation sites excluding steroid dienone is 6. The summed E-state index contributed by atoms with van der Waals surface area (Å²) in [5, 5.41) is 45.1. The van der Waals surface area contributed by atoms with Crippen molar-refractivity contribution in [3.63, 3.8) is 0 Å². The second-order valence-corrected chi connectivity index (χ2v) is 12.2. The predicted octanol–water partition coefficient (Wildman–Crippen LogP) is 6.73. The van der Waals surface area contributed by atoms with E-state index in [2.05, 4.69) is 37.5 Å². The molecule has 4 atom stereocenters. The molecular formula is C34H36N2O4. The molecule has 4 aliphatic rings. The lowest BCUT2D eigenvalue weighted by Crippen LogP contribution is -2.18. The maximum atomic E-state index is 11.3. The van der Waals surface area contributed by atoms with Gasteiger partial charge in [-0.1, -0.05) is 60.7 Å². The topological polar surface area (TPSA) is 90.8 Å². The number of fused-ring (bicyclic) bond motifs is 10. The Balaban J connectivity index is 1.18. The molecular weight excluding hydrogens is 500 g/mol. The standard InChI is InChI=1S/C34H36N2O4/c1-3-5-12-33-14-10-23(17-33)25-27(33)31(39)35(29(25)37)19-21-8-7-9-22(16-21)20-36-30(38)26-24-11-15-34(18-24,13-6-4-2)28(26)32(36)40/h3-4,7-11,14-16,23-24,37-40H,1-2,5-6,12-13,17-20H2. The predicted molar refractivity (Wildman–Crippen MR) is 155 cm³/mol. The van der Waals surface area contributed by atoms with E-state index in [1.165, 1.54) is 0 Å². The maximum absolute atomic E-state index is 11.3. The van der Waals surface area contributed by atoms with E-state index in [0.717, 1.165) is 71.9 Å². The van der Waals surface area contributed by atoms with Crippen LogP contribution in [0.25, 0.3) is 0 Å². The van der Waals surface area contributed by atoms with Crippen LogP contribution in [-0.4, -0.2) is 29.6 Å². The molecule has 6 nitrogen and oxygen atoms in total. The molecule has 6 heteroatoms. The first-order valence-corrected chi connectivity index (χ1v) is 14.3. The van der Waals surface area contributed by atoms with Gasteiger partial charge in [0, 0.05) is 44.9 Å². The molecule has 4 N–H and O–H groups in total. The van der Waals surface area contributed by atoms with E-state index in [0.29, 0.717) is 13.1 Å². The minimum atomic E-state index is -0.246. The SMILES string of the molecule is C=CCCC12C=CC(C1)c1c2c(O)n(Cc2cccc(Cn3c(O)c4c(c3O)C3(CCC=C)C=CC4C3)c2)c1O. The highest BCUT2D eigenvalue weighted by Gasteiger charge is 2.51. The number of aromatic nitrogens is 2. The summed E-state index contributed by atoms with van der Waals surface area (Å²) >= 11 is 0. The molecule has 0 fully saturated rings. The molecule has 7 rings (SSSR count). The summed E-state index contributed by atoms with van der Waals surface area (Å²) < 4.78 is 3.22. The zero-order chi connectivity index (χ0) is 27.8. The fourth-order valence-corrected chi connectivity index (χ4v) is 8.17. The van der Waals surface area contributed by atoms with Crippen LogP contribution >= 0.6 is 0 Å². The third-order valence-corrected chi connectivity index (χ3v) is 9.95. The molecule has 206 valence electrons. The van der Waals surface area contributed by atoms with E-state index in [1.54, 1.807) is 9.13 Å². The highest BCUT2D eigenvalue weighted by molar-refractivity contribution is 5.63. The van der Waals surface area contributed by atoms with Gasteiger partial charge in [0.05, 0.1) is 13.1 Å². The Morgan fingerprint density at radius 3 is 1.60 bits per heavy atom. The fourth-order valence-electron chi connectivity index (χ4n) is 8.17. The molecule has 0 aliphatic heterocycles. The van der Waals surface area contributed by atoms with Crippen molar-refractivity contribution in [3.05, 3.63) is 107 Å². The maximum Gasteiger partial charge on any atom is 0.198 e. The van der Waals surface area contributed by atoms with Gasteiger partial charge in [0.2, 0.25) is 0 Å². The van der Waals surface area contributed by atoms with E-state index in [4.69, 9.17) is 0 Å². The number of hydrogen-bond acceptors (Lipinski definition) is 4. The summed E-state index contributed by atoms with van der Waals surface area (Å²) in [5.41, 5.74) is 4.77. The Hall–Kier alpha value is -4.06. The average molecular weight is 537 g/mol. The van der Waals surface area contributed by atoms with Crippen LogP contribution in [0.5, 0.6) is 23.5 Å². The normalized spacial score (nSPS) is 26.5. The Labute approximate surface area is 234 Å². The van der Waals surface area contributed by atoms with Crippen LogP contribution in [0.2, 0.25) is 0 Å². The van der Waals surface area contributed by atoms with Crippen LogP contribution < -0.4 is 0 Å². The molecule has 4 bridgehead atoms. The van der Waals surface area contributed by atoms with Crippen molar-refractivity contribution in [2.45, 2.75) is 74.3 Å². The lowest BCUT2D eigenvalue weighted by atomic mass is 9.79. The van der Waals surface area contributed by atoms with Crippen LogP contribution in [0.1, 0.15) is 83.7 Å². The van der Waals surface area contributed by atoms with Gasteiger partial charge in [-0.2, -0.15) is 0 Å².